The number of methoxy groups -OCH3 is 1. The Morgan fingerprint density at radius 1 is 0.955 bits per heavy atom. The number of fused-ring (bicyclic) bond motifs is 2. The van der Waals surface area contributed by atoms with Gasteiger partial charge in [0.1, 0.15) is 35.2 Å². The number of likely N-dealkylation sites (N-methyl/N-ethyl adjacent to an activating group) is 1. The van der Waals surface area contributed by atoms with Gasteiger partial charge >= 0.3 is 0 Å². The van der Waals surface area contributed by atoms with Crippen LogP contribution in [0.15, 0.2) is 60.9 Å². The molecule has 2 bridgehead atoms. The number of piperidine rings is 1. The van der Waals surface area contributed by atoms with Crippen LogP contribution in [0.3, 0.4) is 0 Å². The Morgan fingerprint density at radius 2 is 1.68 bits per heavy atom. The molecule has 0 radical (unpaired) electrons. The van der Waals surface area contributed by atoms with Crippen molar-refractivity contribution in [1.82, 2.24) is 39.5 Å². The average Bonchev–Trinajstić information content (AvgIpc) is 3.62. The number of carbonyl (C=O) groups is 4. The molecule has 14 nitrogen and oxygen atoms in total. The lowest BCUT2D eigenvalue weighted by Gasteiger charge is -2.51. The predicted molar refractivity (Wildman–Crippen MR) is 241 cm³/mol. The van der Waals surface area contributed by atoms with Crippen molar-refractivity contribution in [3.8, 4) is 22.9 Å². The highest BCUT2D eigenvalue weighted by Crippen LogP contribution is 2.48. The minimum absolute atomic E-state index is 0.0208. The molecule has 1 N–H and O–H groups in total. The largest absolute Gasteiger partial charge is 0.455 e. The number of nitrogens with zero attached hydrogens (tertiary/aromatic N) is 7. The molecule has 4 atom stereocenters. The third-order valence-electron chi connectivity index (χ3n) is 13.1. The van der Waals surface area contributed by atoms with E-state index in [0.717, 1.165) is 28.0 Å². The van der Waals surface area contributed by atoms with E-state index >= 15 is 4.39 Å². The second-order valence-electron chi connectivity index (χ2n) is 18.0. The zero-order valence-corrected chi connectivity index (χ0v) is 39.3. The van der Waals surface area contributed by atoms with Crippen LogP contribution >= 0.6 is 23.2 Å². The molecule has 4 aromatic rings. The fraction of sp³-hybridized carbons (Fsp3) is 0.489. The summed E-state index contributed by atoms with van der Waals surface area (Å²) in [6.07, 6.45) is 2.63. The van der Waals surface area contributed by atoms with Gasteiger partial charge in [0.25, 0.3) is 0 Å². The molecule has 66 heavy (non-hydrogen) atoms. The topological polar surface area (TPSA) is 142 Å². The normalized spacial score (nSPS) is 23.2. The van der Waals surface area contributed by atoms with Crippen LogP contribution in [0.25, 0.3) is 11.4 Å². The van der Waals surface area contributed by atoms with E-state index in [9.17, 15) is 28.0 Å². The molecule has 4 heterocycles. The van der Waals surface area contributed by atoms with Crippen molar-refractivity contribution in [2.45, 2.75) is 82.1 Å². The molecular weight excluding hydrogens is 900 g/mol. The molecule has 19 heteroatoms. The average molecular weight is 956 g/mol. The van der Waals surface area contributed by atoms with E-state index in [0.29, 0.717) is 36.5 Å². The minimum atomic E-state index is -3.03. The Labute approximate surface area is 392 Å². The number of rotatable bonds is 12. The van der Waals surface area contributed by atoms with E-state index in [-0.39, 0.29) is 41.8 Å². The third-order valence-corrected chi connectivity index (χ3v) is 13.6. The third kappa shape index (κ3) is 10.6. The first-order valence-corrected chi connectivity index (χ1v) is 22.6. The lowest BCUT2D eigenvalue weighted by atomic mass is 9.70. The summed E-state index contributed by atoms with van der Waals surface area (Å²) < 4.78 is 59.1. The van der Waals surface area contributed by atoms with E-state index in [2.05, 4.69) is 15.3 Å². The Balaban J connectivity index is 1.24. The van der Waals surface area contributed by atoms with Gasteiger partial charge in [-0.2, -0.15) is 0 Å². The first kappa shape index (κ1) is 48.7. The summed E-state index contributed by atoms with van der Waals surface area (Å²) in [5.74, 6) is -7.59. The molecule has 1 aliphatic carbocycles. The Kier molecular flexibility index (Phi) is 14.7. The maximum atomic E-state index is 16.3. The second kappa shape index (κ2) is 19.9. The second-order valence-corrected chi connectivity index (χ2v) is 18.9. The van der Waals surface area contributed by atoms with E-state index < -0.39 is 90.6 Å². The van der Waals surface area contributed by atoms with Crippen LogP contribution in [0, 0.1) is 17.7 Å². The van der Waals surface area contributed by atoms with Gasteiger partial charge in [0.2, 0.25) is 29.6 Å². The summed E-state index contributed by atoms with van der Waals surface area (Å²) in [6, 6.07) is 10.3. The predicted octanol–water partition coefficient (Wildman–Crippen LogP) is 6.76. The molecule has 3 fully saturated rings. The summed E-state index contributed by atoms with van der Waals surface area (Å²) in [6.45, 7) is 1.51. The molecule has 1 saturated carbocycles. The van der Waals surface area contributed by atoms with Crippen LogP contribution in [0.1, 0.15) is 56.0 Å². The van der Waals surface area contributed by atoms with E-state index in [1.165, 1.54) is 26.3 Å². The molecule has 7 rings (SSSR count). The van der Waals surface area contributed by atoms with Crippen molar-refractivity contribution in [3.63, 3.8) is 0 Å². The van der Waals surface area contributed by atoms with Gasteiger partial charge in [-0.3, -0.25) is 24.2 Å². The maximum Gasteiger partial charge on any atom is 0.248 e. The SMILES string of the molecule is COC[C@@H]1NC(=O)[C@H](C)N(Cc2c(F)cc(Cl)cc2Oc2ccc(-c3cnc(CN(C)C)n3C)nc2)C(=O)CC(C2CC(F)(F)C2)C(=O)N2CCC[C@@](Cc3ccc(Cl)cc3)(C2)N(C)C1=O. The fourth-order valence-electron chi connectivity index (χ4n) is 9.32. The summed E-state index contributed by atoms with van der Waals surface area (Å²) in [7, 11) is 8.76. The molecule has 1 unspecified atom stereocenters. The molecule has 0 spiro atoms. The smallest absolute Gasteiger partial charge is 0.248 e. The van der Waals surface area contributed by atoms with E-state index in [1.807, 2.05) is 42.7 Å². The lowest BCUT2D eigenvalue weighted by molar-refractivity contribution is -0.164. The van der Waals surface area contributed by atoms with Gasteiger partial charge in [-0.15, -0.1) is 0 Å². The molecule has 2 aromatic carbocycles. The van der Waals surface area contributed by atoms with Crippen molar-refractivity contribution >= 4 is 46.8 Å². The molecular formula is C47H55Cl2F3N8O6. The summed E-state index contributed by atoms with van der Waals surface area (Å²) in [5.41, 5.74) is 1.02. The zero-order chi connectivity index (χ0) is 47.7. The van der Waals surface area contributed by atoms with Gasteiger partial charge in [-0.25, -0.2) is 18.2 Å². The highest BCUT2D eigenvalue weighted by molar-refractivity contribution is 6.31. The van der Waals surface area contributed by atoms with Crippen molar-refractivity contribution in [2.24, 2.45) is 18.9 Å². The molecule has 2 aromatic heterocycles. The quantitative estimate of drug-likeness (QED) is 0.163. The minimum Gasteiger partial charge on any atom is -0.455 e. The Morgan fingerprint density at radius 3 is 2.33 bits per heavy atom. The maximum absolute atomic E-state index is 16.3. The molecule has 2 saturated heterocycles. The number of alkyl halides is 2. The number of amides is 4. The highest BCUT2D eigenvalue weighted by atomic mass is 35.5. The van der Waals surface area contributed by atoms with Crippen molar-refractivity contribution in [2.75, 3.05) is 47.9 Å². The van der Waals surface area contributed by atoms with Crippen molar-refractivity contribution < 1.29 is 41.8 Å². The molecule has 4 amide bonds. The van der Waals surface area contributed by atoms with Crippen LogP contribution in [0.2, 0.25) is 10.0 Å². The van der Waals surface area contributed by atoms with Gasteiger partial charge in [0.05, 0.1) is 54.9 Å². The van der Waals surface area contributed by atoms with Crippen LogP contribution in [0.5, 0.6) is 11.5 Å². The van der Waals surface area contributed by atoms with Gasteiger partial charge in [-0.1, -0.05) is 35.3 Å². The van der Waals surface area contributed by atoms with Crippen LogP contribution in [0.4, 0.5) is 13.2 Å². The first-order chi connectivity index (χ1) is 31.3. The summed E-state index contributed by atoms with van der Waals surface area (Å²) in [5, 5.41) is 3.28. The Bertz CT molecular complexity index is 2430. The highest BCUT2D eigenvalue weighted by Gasteiger charge is 2.53. The van der Waals surface area contributed by atoms with E-state index in [1.54, 1.807) is 47.3 Å². The van der Waals surface area contributed by atoms with Gasteiger partial charge in [0, 0.05) is 69.2 Å². The standard InChI is InChI=1S/C47H55Cl2F3N8O6/c1-28-43(62)55-38(26-65-6)45(64)58(5)46(19-29-8-10-31(48)11-9-29)14-7-15-59(27-46)44(63)34(30-20-47(51,52)21-30)18-42(61)60(28)24-35-36(50)16-32(49)17-40(35)66-33-12-13-37(53-22-33)39-23-54-41(57(39)4)25-56(2)3/h8-13,16-17,22-23,28,30,34,38H,7,14-15,18-21,24-27H2,1-6H3,(H,55,62)/t28-,34?,38-,46+/m0/s1. The number of pyridine rings is 1. The first-order valence-electron chi connectivity index (χ1n) is 21.8. The van der Waals surface area contributed by atoms with Crippen LogP contribution in [-0.4, -0.2) is 129 Å². The molecule has 3 aliphatic rings. The number of hydrogen-bond donors (Lipinski definition) is 1. The van der Waals surface area contributed by atoms with Crippen LogP contribution in [-0.2, 0) is 50.5 Å². The number of aromatic nitrogens is 3. The number of halogens is 5. The van der Waals surface area contributed by atoms with Crippen molar-refractivity contribution in [3.05, 3.63) is 93.7 Å². The Hall–Kier alpha value is -5.23. The number of hydrogen-bond acceptors (Lipinski definition) is 9. The number of imidazole rings is 1. The number of benzene rings is 2. The lowest BCUT2D eigenvalue weighted by Crippen LogP contribution is -2.66. The molecule has 354 valence electrons. The van der Waals surface area contributed by atoms with Crippen LogP contribution < -0.4 is 10.1 Å². The molecule has 2 aliphatic heterocycles. The van der Waals surface area contributed by atoms with Gasteiger partial charge in [-0.05, 0) is 88.2 Å². The summed E-state index contributed by atoms with van der Waals surface area (Å²) >= 11 is 12.6. The monoisotopic (exact) mass is 954 g/mol. The van der Waals surface area contributed by atoms with E-state index in [4.69, 9.17) is 32.7 Å². The van der Waals surface area contributed by atoms with Gasteiger partial charge in [0.15, 0.2) is 0 Å². The van der Waals surface area contributed by atoms with Crippen molar-refractivity contribution in [1.29, 1.82) is 0 Å². The van der Waals surface area contributed by atoms with Gasteiger partial charge < -0.3 is 39.0 Å². The number of ether oxygens (including phenoxy) is 2. The fourth-order valence-corrected chi connectivity index (χ4v) is 9.64. The number of nitrogens with one attached hydrogen (secondary N) is 1. The zero-order valence-electron chi connectivity index (χ0n) is 37.8. The summed E-state index contributed by atoms with van der Waals surface area (Å²) in [4.78, 5) is 73.9. The number of carbonyl (C=O) groups excluding carboxylic acids is 4.